The van der Waals surface area contributed by atoms with Crippen molar-refractivity contribution in [3.05, 3.63) is 158 Å². The summed E-state index contributed by atoms with van der Waals surface area (Å²) >= 11 is 0. The number of para-hydroxylation sites is 1. The lowest BCUT2D eigenvalue weighted by Gasteiger charge is -2.21. The van der Waals surface area contributed by atoms with E-state index in [0.29, 0.717) is 0 Å². The van der Waals surface area contributed by atoms with Crippen molar-refractivity contribution in [2.45, 2.75) is 6.92 Å². The molecule has 0 unspecified atom stereocenters. The average Bonchev–Trinajstić information content (AvgIpc) is 2.99. The van der Waals surface area contributed by atoms with Gasteiger partial charge in [0.25, 0.3) is 0 Å². The molecule has 0 heterocycles. The molecule has 0 fully saturated rings. The van der Waals surface area contributed by atoms with E-state index in [9.17, 15) is 0 Å². The second kappa shape index (κ2) is 11.9. The molecular formula is C36H32N2. The first kappa shape index (κ1) is 24.9. The topological polar surface area (TPSA) is 6.48 Å². The fourth-order valence-electron chi connectivity index (χ4n) is 4.51. The lowest BCUT2D eigenvalue weighted by Crippen LogP contribution is -2.09. The Labute approximate surface area is 226 Å². The highest BCUT2D eigenvalue weighted by Gasteiger charge is 2.08. The summed E-state index contributed by atoms with van der Waals surface area (Å²) in [7, 11) is 2.12. The predicted octanol–water partition coefficient (Wildman–Crippen LogP) is 10.1. The van der Waals surface area contributed by atoms with Gasteiger partial charge in [-0.05, 0) is 83.4 Å². The van der Waals surface area contributed by atoms with Crippen molar-refractivity contribution < 1.29 is 0 Å². The van der Waals surface area contributed by atoms with Gasteiger partial charge in [0.15, 0.2) is 0 Å². The molecule has 0 amide bonds. The van der Waals surface area contributed by atoms with Gasteiger partial charge >= 0.3 is 0 Å². The number of allylic oxidation sites excluding steroid dienone is 5. The van der Waals surface area contributed by atoms with Crippen molar-refractivity contribution in [2.75, 3.05) is 16.8 Å². The minimum absolute atomic E-state index is 1.11. The molecule has 2 nitrogen and oxygen atoms in total. The quantitative estimate of drug-likeness (QED) is 0.199. The number of rotatable bonds is 8. The summed E-state index contributed by atoms with van der Waals surface area (Å²) in [6, 6.07) is 43.0. The van der Waals surface area contributed by atoms with E-state index in [1.807, 2.05) is 37.3 Å². The number of hydrogen-bond donors (Lipinski definition) is 0. The summed E-state index contributed by atoms with van der Waals surface area (Å²) < 4.78 is 0. The number of hydrogen-bond acceptors (Lipinski definition) is 2. The second-order valence-electron chi connectivity index (χ2n) is 9.14. The zero-order chi connectivity index (χ0) is 26.2. The first-order chi connectivity index (χ1) is 18.7. The van der Waals surface area contributed by atoms with Crippen LogP contribution in [0.2, 0.25) is 0 Å². The maximum absolute atomic E-state index is 2.24. The summed E-state index contributed by atoms with van der Waals surface area (Å²) in [5.74, 6) is 0. The molecule has 0 radical (unpaired) electrons. The van der Waals surface area contributed by atoms with Crippen LogP contribution in [0.4, 0.5) is 22.7 Å². The minimum Gasteiger partial charge on any atom is -0.345 e. The Hall–Kier alpha value is -4.82. The van der Waals surface area contributed by atoms with Crippen LogP contribution in [0.25, 0.3) is 21.9 Å². The molecule has 0 aromatic heterocycles. The van der Waals surface area contributed by atoms with Crippen molar-refractivity contribution in [1.29, 1.82) is 0 Å². The van der Waals surface area contributed by atoms with Gasteiger partial charge in [-0.15, -0.1) is 0 Å². The van der Waals surface area contributed by atoms with Gasteiger partial charge in [-0.2, -0.15) is 0 Å². The van der Waals surface area contributed by atoms with E-state index in [4.69, 9.17) is 0 Å². The molecule has 0 saturated heterocycles. The molecule has 0 saturated carbocycles. The molecular weight excluding hydrogens is 460 g/mol. The highest BCUT2D eigenvalue weighted by Crippen LogP contribution is 2.31. The average molecular weight is 493 g/mol. The minimum atomic E-state index is 1.11. The molecule has 5 aromatic rings. The highest BCUT2D eigenvalue weighted by molar-refractivity contribution is 5.87. The number of nitrogens with zero attached hydrogens (tertiary/aromatic N) is 2. The molecule has 186 valence electrons. The van der Waals surface area contributed by atoms with Gasteiger partial charge in [-0.3, -0.25) is 0 Å². The Morgan fingerprint density at radius 3 is 1.71 bits per heavy atom. The molecule has 0 N–H and O–H groups in total. The normalized spacial score (nSPS) is 11.6. The maximum Gasteiger partial charge on any atom is 0.0455 e. The molecule has 0 spiro atoms. The van der Waals surface area contributed by atoms with E-state index in [-0.39, 0.29) is 0 Å². The molecule has 5 aromatic carbocycles. The Bertz CT molecular complexity index is 1560. The molecule has 5 rings (SSSR count). The Balaban J connectivity index is 1.35. The van der Waals surface area contributed by atoms with Gasteiger partial charge in [0.05, 0.1) is 0 Å². The first-order valence-corrected chi connectivity index (χ1v) is 13.0. The van der Waals surface area contributed by atoms with Crippen LogP contribution in [0.1, 0.15) is 6.92 Å². The van der Waals surface area contributed by atoms with Crippen LogP contribution in [0.3, 0.4) is 0 Å². The predicted molar refractivity (Wildman–Crippen MR) is 166 cm³/mol. The third-order valence-electron chi connectivity index (χ3n) is 6.65. The van der Waals surface area contributed by atoms with Gasteiger partial charge in [0, 0.05) is 36.0 Å². The van der Waals surface area contributed by atoms with Crippen LogP contribution in [-0.4, -0.2) is 7.05 Å². The van der Waals surface area contributed by atoms with Crippen LogP contribution < -0.4 is 9.80 Å². The number of anilines is 4. The van der Waals surface area contributed by atoms with E-state index >= 15 is 0 Å². The molecule has 2 heteroatoms. The Morgan fingerprint density at radius 2 is 1.03 bits per heavy atom. The Kier molecular flexibility index (Phi) is 7.81. The summed E-state index contributed by atoms with van der Waals surface area (Å²) in [6.07, 6.45) is 12.3. The third kappa shape index (κ3) is 5.77. The van der Waals surface area contributed by atoms with Crippen LogP contribution in [-0.2, 0) is 0 Å². The third-order valence-corrected chi connectivity index (χ3v) is 6.65. The van der Waals surface area contributed by atoms with Gasteiger partial charge in [-0.1, -0.05) is 97.1 Å². The lowest BCUT2D eigenvalue weighted by molar-refractivity contribution is 1.21. The van der Waals surface area contributed by atoms with E-state index in [1.54, 1.807) is 0 Å². The molecule has 0 atom stereocenters. The maximum atomic E-state index is 2.24. The summed E-state index contributed by atoms with van der Waals surface area (Å²) in [6.45, 7) is 2.02. The van der Waals surface area contributed by atoms with E-state index in [1.165, 1.54) is 27.6 Å². The molecule has 0 aliphatic rings. The Morgan fingerprint density at radius 1 is 0.474 bits per heavy atom. The summed E-state index contributed by atoms with van der Waals surface area (Å²) in [4.78, 5) is 4.43. The van der Waals surface area contributed by atoms with E-state index < -0.39 is 0 Å². The van der Waals surface area contributed by atoms with Crippen molar-refractivity contribution in [1.82, 2.24) is 0 Å². The van der Waals surface area contributed by atoms with Crippen molar-refractivity contribution in [2.24, 2.45) is 0 Å². The van der Waals surface area contributed by atoms with Gasteiger partial charge in [0.2, 0.25) is 0 Å². The second-order valence-corrected chi connectivity index (χ2v) is 9.14. The summed E-state index contributed by atoms with van der Waals surface area (Å²) in [5, 5.41) is 2.51. The molecule has 0 bridgehead atoms. The zero-order valence-corrected chi connectivity index (χ0v) is 21.9. The monoisotopic (exact) mass is 492 g/mol. The summed E-state index contributed by atoms with van der Waals surface area (Å²) in [5.41, 5.74) is 6.96. The zero-order valence-electron chi connectivity index (χ0n) is 21.9. The first-order valence-electron chi connectivity index (χ1n) is 13.0. The standard InChI is InChI=1S/C36H32N2/c1-3-4-5-6-12-27-38(34-15-8-7-9-16-34)35-24-19-31(20-25-35)30-17-22-33(23-18-30)37(2)36-26-21-29-13-10-11-14-32(29)28-36/h3-28H,1-2H3/b4-3-,6-5-,27-12+. The molecule has 38 heavy (non-hydrogen) atoms. The highest BCUT2D eigenvalue weighted by atomic mass is 15.1. The van der Waals surface area contributed by atoms with Gasteiger partial charge < -0.3 is 9.80 Å². The van der Waals surface area contributed by atoms with Crippen LogP contribution in [0, 0.1) is 0 Å². The number of fused-ring (bicyclic) bond motifs is 1. The smallest absolute Gasteiger partial charge is 0.0455 e. The lowest BCUT2D eigenvalue weighted by atomic mass is 10.0. The van der Waals surface area contributed by atoms with E-state index in [0.717, 1.165) is 17.1 Å². The fourth-order valence-corrected chi connectivity index (χ4v) is 4.51. The molecule has 0 aliphatic heterocycles. The number of benzene rings is 5. The molecule has 0 aliphatic carbocycles. The van der Waals surface area contributed by atoms with Crippen LogP contribution in [0.15, 0.2) is 158 Å². The van der Waals surface area contributed by atoms with Crippen molar-refractivity contribution in [3.8, 4) is 11.1 Å². The SMILES string of the molecule is C\C=C/C=C\C=C\N(c1ccccc1)c1ccc(-c2ccc(N(C)c3ccc4ccccc4c3)cc2)cc1. The van der Waals surface area contributed by atoms with Crippen LogP contribution in [0.5, 0.6) is 0 Å². The fraction of sp³-hybridized carbons (Fsp3) is 0.0556. The van der Waals surface area contributed by atoms with Crippen molar-refractivity contribution in [3.63, 3.8) is 0 Å². The van der Waals surface area contributed by atoms with Gasteiger partial charge in [0.1, 0.15) is 0 Å². The van der Waals surface area contributed by atoms with Crippen LogP contribution >= 0.6 is 0 Å². The van der Waals surface area contributed by atoms with Crippen molar-refractivity contribution >= 4 is 33.5 Å². The van der Waals surface area contributed by atoms with E-state index in [2.05, 4.69) is 144 Å². The largest absolute Gasteiger partial charge is 0.345 e. The van der Waals surface area contributed by atoms with Gasteiger partial charge in [-0.25, -0.2) is 0 Å².